The van der Waals surface area contributed by atoms with Gasteiger partial charge in [0.15, 0.2) is 0 Å². The molecule has 0 aromatic heterocycles. The van der Waals surface area contributed by atoms with E-state index >= 15 is 0 Å². The van der Waals surface area contributed by atoms with Crippen molar-refractivity contribution >= 4 is 26.5 Å². The van der Waals surface area contributed by atoms with Gasteiger partial charge in [-0.3, -0.25) is 0 Å². The number of sulfonamides is 1. The molecule has 114 valence electrons. The first-order valence-corrected chi connectivity index (χ1v) is 8.07. The molecule has 2 aromatic rings. The molecule has 0 atom stereocenters. The van der Waals surface area contributed by atoms with Crippen molar-refractivity contribution in [2.45, 2.75) is 24.3 Å². The Morgan fingerprint density at radius 3 is 2.38 bits per heavy atom. The Bertz CT molecular complexity index is 755. The molecule has 0 amide bonds. The monoisotopic (exact) mass is 308 g/mol. The third kappa shape index (κ3) is 3.34. The second-order valence-corrected chi connectivity index (χ2v) is 7.22. The van der Waals surface area contributed by atoms with E-state index in [-0.39, 0.29) is 11.4 Å². The highest BCUT2D eigenvalue weighted by Crippen LogP contribution is 2.27. The first kappa shape index (κ1) is 15.8. The molecule has 0 fully saturated rings. The molecule has 0 aliphatic carbocycles. The highest BCUT2D eigenvalue weighted by molar-refractivity contribution is 7.89. The van der Waals surface area contributed by atoms with Crippen LogP contribution in [0.15, 0.2) is 41.3 Å². The van der Waals surface area contributed by atoms with E-state index in [0.29, 0.717) is 11.1 Å². The topological polar surface area (TPSA) is 81.4 Å². The van der Waals surface area contributed by atoms with Gasteiger partial charge < -0.3 is 10.5 Å². The Labute approximate surface area is 125 Å². The first-order chi connectivity index (χ1) is 9.77. The van der Waals surface area contributed by atoms with Crippen molar-refractivity contribution in [3.8, 4) is 0 Å². The molecule has 0 aliphatic rings. The summed E-state index contributed by atoms with van der Waals surface area (Å²) in [5.74, 6) is 0. The smallest absolute Gasteiger partial charge is 0.241 e. The summed E-state index contributed by atoms with van der Waals surface area (Å²) in [6.45, 7) is 3.82. The van der Waals surface area contributed by atoms with Gasteiger partial charge in [-0.25, -0.2) is 13.1 Å². The lowest BCUT2D eigenvalue weighted by Gasteiger charge is -2.23. The van der Waals surface area contributed by atoms with Crippen LogP contribution in [0.4, 0.5) is 5.69 Å². The lowest BCUT2D eigenvalue weighted by Crippen LogP contribution is -2.39. The van der Waals surface area contributed by atoms with E-state index in [1.807, 2.05) is 26.0 Å². The van der Waals surface area contributed by atoms with Gasteiger partial charge in [-0.15, -0.1) is 0 Å². The zero-order valence-corrected chi connectivity index (χ0v) is 13.2. The van der Waals surface area contributed by atoms with Crippen molar-refractivity contribution in [2.24, 2.45) is 0 Å². The molecular weight excluding hydrogens is 288 g/mol. The number of benzene rings is 2. The number of nitrogen functional groups attached to an aromatic ring is 1. The summed E-state index contributed by atoms with van der Waals surface area (Å²) in [5, 5.41) is 1.34. The highest BCUT2D eigenvalue weighted by atomic mass is 32.2. The van der Waals surface area contributed by atoms with E-state index < -0.39 is 15.6 Å². The summed E-state index contributed by atoms with van der Waals surface area (Å²) >= 11 is 0. The maximum Gasteiger partial charge on any atom is 0.241 e. The van der Waals surface area contributed by atoms with Gasteiger partial charge in [-0.1, -0.05) is 24.3 Å². The Morgan fingerprint density at radius 2 is 1.76 bits per heavy atom. The van der Waals surface area contributed by atoms with E-state index in [9.17, 15) is 8.42 Å². The second kappa shape index (κ2) is 5.63. The quantitative estimate of drug-likeness (QED) is 0.829. The Morgan fingerprint density at radius 1 is 1.14 bits per heavy atom. The maximum atomic E-state index is 12.5. The van der Waals surface area contributed by atoms with Crippen molar-refractivity contribution in [2.75, 3.05) is 19.4 Å². The van der Waals surface area contributed by atoms with E-state index in [4.69, 9.17) is 10.5 Å². The number of fused-ring (bicyclic) bond motifs is 1. The number of hydrogen-bond acceptors (Lipinski definition) is 4. The van der Waals surface area contributed by atoms with E-state index in [1.165, 1.54) is 6.07 Å². The van der Waals surface area contributed by atoms with Crippen LogP contribution in [0.3, 0.4) is 0 Å². The van der Waals surface area contributed by atoms with Crippen molar-refractivity contribution in [3.05, 3.63) is 36.4 Å². The summed E-state index contributed by atoms with van der Waals surface area (Å²) in [5.41, 5.74) is 5.88. The van der Waals surface area contributed by atoms with Gasteiger partial charge in [-0.05, 0) is 26.0 Å². The van der Waals surface area contributed by atoms with Gasteiger partial charge in [0.1, 0.15) is 0 Å². The first-order valence-electron chi connectivity index (χ1n) is 6.59. The van der Waals surface area contributed by atoms with Crippen molar-refractivity contribution in [1.29, 1.82) is 0 Å². The van der Waals surface area contributed by atoms with Crippen LogP contribution in [0, 0.1) is 0 Å². The van der Waals surface area contributed by atoms with Crippen LogP contribution < -0.4 is 10.5 Å². The molecule has 3 N–H and O–H groups in total. The molecule has 5 nitrogen and oxygen atoms in total. The minimum absolute atomic E-state index is 0.185. The predicted molar refractivity (Wildman–Crippen MR) is 84.6 cm³/mol. The summed E-state index contributed by atoms with van der Waals surface area (Å²) in [4.78, 5) is 0.221. The van der Waals surface area contributed by atoms with Crippen LogP contribution in [0.5, 0.6) is 0 Å². The van der Waals surface area contributed by atoms with Crippen LogP contribution in [0.1, 0.15) is 13.8 Å². The molecule has 0 saturated carbocycles. The molecule has 0 saturated heterocycles. The second-order valence-electron chi connectivity index (χ2n) is 5.49. The summed E-state index contributed by atoms with van der Waals surface area (Å²) in [6.07, 6.45) is 0. The van der Waals surface area contributed by atoms with Crippen LogP contribution in [-0.4, -0.2) is 27.7 Å². The molecule has 0 radical (unpaired) electrons. The number of ether oxygens (including phenoxy) is 1. The molecule has 0 spiro atoms. The van der Waals surface area contributed by atoms with Crippen LogP contribution >= 0.6 is 0 Å². The molecule has 0 unspecified atom stereocenters. The number of nitrogens with two attached hydrogens (primary N) is 1. The fourth-order valence-electron chi connectivity index (χ4n) is 1.95. The number of nitrogens with one attached hydrogen (secondary N) is 1. The fourth-order valence-corrected chi connectivity index (χ4v) is 3.36. The Balaban J connectivity index is 2.44. The molecule has 2 rings (SSSR count). The zero-order chi connectivity index (χ0) is 15.7. The predicted octanol–water partition coefficient (Wildman–Crippen LogP) is 2.13. The van der Waals surface area contributed by atoms with Crippen molar-refractivity contribution < 1.29 is 13.2 Å². The fraction of sp³-hybridized carbons (Fsp3) is 0.333. The van der Waals surface area contributed by atoms with Crippen LogP contribution in [-0.2, 0) is 14.8 Å². The summed E-state index contributed by atoms with van der Waals surface area (Å²) in [7, 11) is -2.08. The van der Waals surface area contributed by atoms with Gasteiger partial charge in [0.2, 0.25) is 10.0 Å². The maximum absolute atomic E-state index is 12.5. The SMILES string of the molecule is COC(C)(C)CNS(=O)(=O)c1ccc(N)c2ccccc12. The average Bonchev–Trinajstić information content (AvgIpc) is 2.46. The van der Waals surface area contributed by atoms with Gasteiger partial charge >= 0.3 is 0 Å². The molecule has 6 heteroatoms. The van der Waals surface area contributed by atoms with E-state index in [0.717, 1.165) is 5.39 Å². The number of methoxy groups -OCH3 is 1. The summed E-state index contributed by atoms with van der Waals surface area (Å²) in [6, 6.07) is 10.3. The van der Waals surface area contributed by atoms with E-state index in [1.54, 1.807) is 25.3 Å². The number of hydrogen-bond donors (Lipinski definition) is 2. The molecular formula is C15H20N2O3S. The van der Waals surface area contributed by atoms with Crippen molar-refractivity contribution in [3.63, 3.8) is 0 Å². The number of anilines is 1. The lowest BCUT2D eigenvalue weighted by atomic mass is 10.1. The molecule has 0 bridgehead atoms. The third-order valence-electron chi connectivity index (χ3n) is 3.45. The third-order valence-corrected chi connectivity index (χ3v) is 4.91. The average molecular weight is 308 g/mol. The minimum Gasteiger partial charge on any atom is -0.398 e. The van der Waals surface area contributed by atoms with Crippen LogP contribution in [0.25, 0.3) is 10.8 Å². The minimum atomic E-state index is -3.63. The normalized spacial score (nSPS) is 12.7. The molecule has 2 aromatic carbocycles. The highest BCUT2D eigenvalue weighted by Gasteiger charge is 2.23. The lowest BCUT2D eigenvalue weighted by molar-refractivity contribution is 0.0276. The molecule has 0 heterocycles. The van der Waals surface area contributed by atoms with Gasteiger partial charge in [0.05, 0.1) is 10.5 Å². The molecule has 0 aliphatic heterocycles. The zero-order valence-electron chi connectivity index (χ0n) is 12.4. The summed E-state index contributed by atoms with van der Waals surface area (Å²) < 4.78 is 32.8. The largest absolute Gasteiger partial charge is 0.398 e. The molecule has 21 heavy (non-hydrogen) atoms. The Kier molecular flexibility index (Phi) is 4.22. The van der Waals surface area contributed by atoms with Gasteiger partial charge in [0, 0.05) is 30.1 Å². The van der Waals surface area contributed by atoms with Gasteiger partial charge in [-0.2, -0.15) is 0 Å². The number of rotatable bonds is 5. The van der Waals surface area contributed by atoms with Gasteiger partial charge in [0.25, 0.3) is 0 Å². The Hall–Kier alpha value is -1.63. The standard InChI is InChI=1S/C15H20N2O3S/c1-15(2,20-3)10-17-21(18,19)14-9-8-13(16)11-6-4-5-7-12(11)14/h4-9,17H,10,16H2,1-3H3. The van der Waals surface area contributed by atoms with Crippen LogP contribution in [0.2, 0.25) is 0 Å². The van der Waals surface area contributed by atoms with E-state index in [2.05, 4.69) is 4.72 Å². The van der Waals surface area contributed by atoms with Crippen molar-refractivity contribution in [1.82, 2.24) is 4.72 Å².